The van der Waals surface area contributed by atoms with E-state index in [0.717, 1.165) is 30.7 Å². The number of nitrogens with zero attached hydrogens (tertiary/aromatic N) is 2. The minimum absolute atomic E-state index is 0.124. The van der Waals surface area contributed by atoms with Gasteiger partial charge in [-0.05, 0) is 32.4 Å². The molecule has 0 bridgehead atoms. The van der Waals surface area contributed by atoms with E-state index < -0.39 is 0 Å². The van der Waals surface area contributed by atoms with Crippen molar-refractivity contribution >= 4 is 0 Å². The highest BCUT2D eigenvalue weighted by Gasteiger charge is 2.17. The molecule has 0 saturated heterocycles. The summed E-state index contributed by atoms with van der Waals surface area (Å²) in [5.41, 5.74) is 0.830. The van der Waals surface area contributed by atoms with Crippen molar-refractivity contribution in [1.82, 2.24) is 15.5 Å². The molecule has 0 aliphatic heterocycles. The quantitative estimate of drug-likeness (QED) is 0.852. The van der Waals surface area contributed by atoms with Crippen molar-refractivity contribution in [3.8, 4) is 11.5 Å². The molecule has 2 rings (SSSR count). The van der Waals surface area contributed by atoms with Gasteiger partial charge in [0.25, 0.3) is 5.89 Å². The standard InChI is InChI=1S/C13H19N3O2/c1-4-6-14-11(5-2)13-16-15-12(18-13)10-7-9(3)17-8-10/h7-8,11,14H,4-6H2,1-3H3. The maximum Gasteiger partial charge on any atom is 0.251 e. The molecule has 0 aliphatic carbocycles. The summed E-state index contributed by atoms with van der Waals surface area (Å²) in [4.78, 5) is 0. The number of aromatic nitrogens is 2. The summed E-state index contributed by atoms with van der Waals surface area (Å²) in [6.07, 6.45) is 3.64. The third kappa shape index (κ3) is 2.79. The number of furan rings is 1. The molecule has 1 N–H and O–H groups in total. The lowest BCUT2D eigenvalue weighted by Crippen LogP contribution is -2.21. The van der Waals surface area contributed by atoms with Gasteiger partial charge in [0.2, 0.25) is 5.89 Å². The lowest BCUT2D eigenvalue weighted by Gasteiger charge is -2.11. The van der Waals surface area contributed by atoms with Crippen LogP contribution in [0.5, 0.6) is 0 Å². The Morgan fingerprint density at radius 2 is 2.17 bits per heavy atom. The fourth-order valence-corrected chi connectivity index (χ4v) is 1.77. The summed E-state index contributed by atoms with van der Waals surface area (Å²) in [6, 6.07) is 2.01. The molecule has 0 radical (unpaired) electrons. The zero-order chi connectivity index (χ0) is 13.0. The van der Waals surface area contributed by atoms with E-state index in [-0.39, 0.29) is 6.04 Å². The second kappa shape index (κ2) is 5.82. The highest BCUT2D eigenvalue weighted by Crippen LogP contribution is 2.23. The zero-order valence-corrected chi connectivity index (χ0v) is 11.1. The second-order valence-electron chi connectivity index (χ2n) is 4.31. The summed E-state index contributed by atoms with van der Waals surface area (Å²) in [5, 5.41) is 11.6. The topological polar surface area (TPSA) is 64.1 Å². The minimum Gasteiger partial charge on any atom is -0.469 e. The highest BCUT2D eigenvalue weighted by molar-refractivity contribution is 5.50. The van der Waals surface area contributed by atoms with Crippen LogP contribution in [0.15, 0.2) is 21.2 Å². The number of nitrogens with one attached hydrogen (secondary N) is 1. The van der Waals surface area contributed by atoms with Crippen LogP contribution >= 0.6 is 0 Å². The monoisotopic (exact) mass is 249 g/mol. The summed E-state index contributed by atoms with van der Waals surface area (Å²) in [5.74, 6) is 1.99. The molecule has 0 aromatic carbocycles. The van der Waals surface area contributed by atoms with Gasteiger partial charge in [-0.2, -0.15) is 0 Å². The lowest BCUT2D eigenvalue weighted by molar-refractivity contribution is 0.396. The Kier molecular flexibility index (Phi) is 4.15. The molecule has 1 atom stereocenters. The first-order valence-electron chi connectivity index (χ1n) is 6.36. The van der Waals surface area contributed by atoms with E-state index >= 15 is 0 Å². The largest absolute Gasteiger partial charge is 0.469 e. The Balaban J connectivity index is 2.13. The minimum atomic E-state index is 0.124. The first-order chi connectivity index (χ1) is 8.74. The number of hydrogen-bond donors (Lipinski definition) is 1. The molecule has 0 fully saturated rings. The van der Waals surface area contributed by atoms with Crippen LogP contribution in [0.25, 0.3) is 11.5 Å². The summed E-state index contributed by atoms with van der Waals surface area (Å²) in [6.45, 7) is 7.06. The molecule has 2 aromatic rings. The molecule has 18 heavy (non-hydrogen) atoms. The molecule has 0 spiro atoms. The molecule has 0 amide bonds. The van der Waals surface area contributed by atoms with E-state index in [1.165, 1.54) is 0 Å². The highest BCUT2D eigenvalue weighted by atomic mass is 16.4. The van der Waals surface area contributed by atoms with Crippen LogP contribution < -0.4 is 5.32 Å². The Labute approximate surface area is 107 Å². The van der Waals surface area contributed by atoms with E-state index in [9.17, 15) is 0 Å². The SMILES string of the molecule is CCCNC(CC)c1nnc(-c2coc(C)c2)o1. The molecule has 2 aromatic heterocycles. The van der Waals surface area contributed by atoms with Crippen LogP contribution in [0.4, 0.5) is 0 Å². The first-order valence-corrected chi connectivity index (χ1v) is 6.36. The predicted octanol–water partition coefficient (Wildman–Crippen LogP) is 3.09. The average molecular weight is 249 g/mol. The van der Waals surface area contributed by atoms with Gasteiger partial charge in [0, 0.05) is 0 Å². The fourth-order valence-electron chi connectivity index (χ4n) is 1.77. The third-order valence-corrected chi connectivity index (χ3v) is 2.77. The predicted molar refractivity (Wildman–Crippen MR) is 68.1 cm³/mol. The van der Waals surface area contributed by atoms with Crippen LogP contribution in [0, 0.1) is 6.92 Å². The summed E-state index contributed by atoms with van der Waals surface area (Å²) >= 11 is 0. The molecular formula is C13H19N3O2. The summed E-state index contributed by atoms with van der Waals surface area (Å²) < 4.78 is 10.9. The second-order valence-corrected chi connectivity index (χ2v) is 4.31. The van der Waals surface area contributed by atoms with Crippen molar-refractivity contribution in [2.24, 2.45) is 0 Å². The lowest BCUT2D eigenvalue weighted by atomic mass is 10.2. The van der Waals surface area contributed by atoms with Crippen LogP contribution in [-0.4, -0.2) is 16.7 Å². The van der Waals surface area contributed by atoms with Crippen molar-refractivity contribution in [3.05, 3.63) is 24.0 Å². The van der Waals surface area contributed by atoms with Crippen molar-refractivity contribution < 1.29 is 8.83 Å². The third-order valence-electron chi connectivity index (χ3n) is 2.77. The van der Waals surface area contributed by atoms with Crippen LogP contribution in [0.3, 0.4) is 0 Å². The molecule has 98 valence electrons. The van der Waals surface area contributed by atoms with E-state index in [4.69, 9.17) is 8.83 Å². The first kappa shape index (κ1) is 12.8. The molecule has 2 heterocycles. The molecule has 0 aliphatic rings. The molecular weight excluding hydrogens is 230 g/mol. The van der Waals surface area contributed by atoms with Gasteiger partial charge in [0.15, 0.2) is 0 Å². The van der Waals surface area contributed by atoms with Gasteiger partial charge in [-0.1, -0.05) is 13.8 Å². The molecule has 5 heteroatoms. The zero-order valence-electron chi connectivity index (χ0n) is 11.1. The van der Waals surface area contributed by atoms with Crippen LogP contribution in [0.2, 0.25) is 0 Å². The van der Waals surface area contributed by atoms with Crippen molar-refractivity contribution in [2.75, 3.05) is 6.54 Å². The van der Waals surface area contributed by atoms with Gasteiger partial charge in [-0.15, -0.1) is 10.2 Å². The van der Waals surface area contributed by atoms with Gasteiger partial charge in [-0.3, -0.25) is 0 Å². The Bertz CT molecular complexity index is 490. The fraction of sp³-hybridized carbons (Fsp3) is 0.538. The normalized spacial score (nSPS) is 12.8. The molecule has 5 nitrogen and oxygen atoms in total. The maximum absolute atomic E-state index is 5.69. The van der Waals surface area contributed by atoms with Gasteiger partial charge in [0.05, 0.1) is 11.6 Å². The maximum atomic E-state index is 5.69. The van der Waals surface area contributed by atoms with Gasteiger partial charge in [-0.25, -0.2) is 0 Å². The number of hydrogen-bond acceptors (Lipinski definition) is 5. The van der Waals surface area contributed by atoms with Crippen molar-refractivity contribution in [3.63, 3.8) is 0 Å². The van der Waals surface area contributed by atoms with Gasteiger partial charge in [0.1, 0.15) is 12.0 Å². The Morgan fingerprint density at radius 3 is 2.78 bits per heavy atom. The van der Waals surface area contributed by atoms with Crippen LogP contribution in [0.1, 0.15) is 44.4 Å². The molecule has 1 unspecified atom stereocenters. The molecule has 0 saturated carbocycles. The van der Waals surface area contributed by atoms with E-state index in [0.29, 0.717) is 11.8 Å². The average Bonchev–Trinajstić information content (AvgIpc) is 2.99. The number of aryl methyl sites for hydroxylation is 1. The summed E-state index contributed by atoms with van der Waals surface area (Å²) in [7, 11) is 0. The smallest absolute Gasteiger partial charge is 0.251 e. The van der Waals surface area contributed by atoms with Crippen LogP contribution in [-0.2, 0) is 0 Å². The Morgan fingerprint density at radius 1 is 1.33 bits per heavy atom. The van der Waals surface area contributed by atoms with Crippen molar-refractivity contribution in [2.45, 2.75) is 39.7 Å². The van der Waals surface area contributed by atoms with Gasteiger partial charge >= 0.3 is 0 Å². The van der Waals surface area contributed by atoms with E-state index in [2.05, 4.69) is 29.4 Å². The Hall–Kier alpha value is -1.62. The van der Waals surface area contributed by atoms with E-state index in [1.54, 1.807) is 6.26 Å². The van der Waals surface area contributed by atoms with E-state index in [1.807, 2.05) is 13.0 Å². The van der Waals surface area contributed by atoms with Gasteiger partial charge < -0.3 is 14.2 Å². The number of rotatable bonds is 6. The van der Waals surface area contributed by atoms with Crippen molar-refractivity contribution in [1.29, 1.82) is 0 Å².